The quantitative estimate of drug-likeness (QED) is 0.463. The van der Waals surface area contributed by atoms with E-state index in [1.54, 1.807) is 25.4 Å². The summed E-state index contributed by atoms with van der Waals surface area (Å²) in [4.78, 5) is 33.8. The molecule has 0 bridgehead atoms. The Morgan fingerprint density at radius 2 is 2.04 bits per heavy atom. The van der Waals surface area contributed by atoms with Crippen LogP contribution in [0.2, 0.25) is 0 Å². The van der Waals surface area contributed by atoms with Crippen LogP contribution in [-0.2, 0) is 16.1 Å². The average Bonchev–Trinajstić information content (AvgIpc) is 2.72. The highest BCUT2D eigenvalue weighted by Gasteiger charge is 2.15. The summed E-state index contributed by atoms with van der Waals surface area (Å²) in [6, 6.07) is 13.1. The van der Waals surface area contributed by atoms with Gasteiger partial charge in [0.25, 0.3) is 5.56 Å². The standard InChI is InChI=1S/C20H22N4O3S/c1-14(15-7-4-3-5-8-15)22-17(25)13-28-20-23-18-16(9-6-10-21-18)19(26)24(20)11-12-27-2/h3-10,14H,11-13H2,1-2H3,(H,22,25). The number of aromatic nitrogens is 3. The molecule has 0 aliphatic heterocycles. The number of thioether (sulfide) groups is 1. The molecule has 0 aliphatic carbocycles. The molecule has 2 aromatic heterocycles. The average molecular weight is 398 g/mol. The van der Waals surface area contributed by atoms with E-state index in [2.05, 4.69) is 15.3 Å². The third-order valence-electron chi connectivity index (χ3n) is 4.22. The van der Waals surface area contributed by atoms with E-state index in [0.717, 1.165) is 5.56 Å². The van der Waals surface area contributed by atoms with Crippen LogP contribution in [0, 0.1) is 0 Å². The van der Waals surface area contributed by atoms with Crippen molar-refractivity contribution < 1.29 is 9.53 Å². The molecule has 0 spiro atoms. The second-order valence-corrected chi connectivity index (χ2v) is 7.15. The predicted octanol–water partition coefficient (Wildman–Crippen LogP) is 2.41. The number of pyridine rings is 1. The van der Waals surface area contributed by atoms with Crippen LogP contribution in [0.25, 0.3) is 11.0 Å². The number of amides is 1. The van der Waals surface area contributed by atoms with Crippen LogP contribution < -0.4 is 10.9 Å². The van der Waals surface area contributed by atoms with E-state index in [1.165, 1.54) is 16.3 Å². The maximum atomic E-state index is 12.8. The Kier molecular flexibility index (Phi) is 6.78. The lowest BCUT2D eigenvalue weighted by Gasteiger charge is -2.15. The van der Waals surface area contributed by atoms with Gasteiger partial charge in [-0.15, -0.1) is 0 Å². The number of methoxy groups -OCH3 is 1. The highest BCUT2D eigenvalue weighted by Crippen LogP contribution is 2.18. The van der Waals surface area contributed by atoms with Gasteiger partial charge in [0, 0.05) is 13.3 Å². The second-order valence-electron chi connectivity index (χ2n) is 6.21. The minimum absolute atomic E-state index is 0.101. The Labute approximate surface area is 167 Å². The maximum Gasteiger partial charge on any atom is 0.263 e. The summed E-state index contributed by atoms with van der Waals surface area (Å²) < 4.78 is 6.64. The minimum Gasteiger partial charge on any atom is -0.383 e. The fraction of sp³-hybridized carbons (Fsp3) is 0.300. The van der Waals surface area contributed by atoms with Crippen LogP contribution >= 0.6 is 11.8 Å². The first-order chi connectivity index (χ1) is 13.6. The Balaban J connectivity index is 1.75. The van der Waals surface area contributed by atoms with Gasteiger partial charge in [-0.1, -0.05) is 42.1 Å². The fourth-order valence-corrected chi connectivity index (χ4v) is 3.59. The molecule has 1 amide bonds. The Morgan fingerprint density at radius 1 is 1.25 bits per heavy atom. The molecular formula is C20H22N4O3S. The molecule has 1 unspecified atom stereocenters. The monoisotopic (exact) mass is 398 g/mol. The van der Waals surface area contributed by atoms with Crippen LogP contribution in [0.5, 0.6) is 0 Å². The van der Waals surface area contributed by atoms with Crippen molar-refractivity contribution in [2.75, 3.05) is 19.5 Å². The van der Waals surface area contributed by atoms with Crippen molar-refractivity contribution in [2.45, 2.75) is 24.7 Å². The molecule has 1 N–H and O–H groups in total. The van der Waals surface area contributed by atoms with Crippen LogP contribution in [-0.4, -0.2) is 39.9 Å². The van der Waals surface area contributed by atoms with Crippen molar-refractivity contribution in [3.05, 3.63) is 64.6 Å². The summed E-state index contributed by atoms with van der Waals surface area (Å²) in [5, 5.41) is 3.87. The van der Waals surface area contributed by atoms with E-state index >= 15 is 0 Å². The zero-order chi connectivity index (χ0) is 19.9. The predicted molar refractivity (Wildman–Crippen MR) is 109 cm³/mol. The van der Waals surface area contributed by atoms with Crippen molar-refractivity contribution in [2.24, 2.45) is 0 Å². The van der Waals surface area contributed by atoms with Crippen LogP contribution in [0.3, 0.4) is 0 Å². The number of carbonyl (C=O) groups is 1. The number of ether oxygens (including phenoxy) is 1. The molecule has 1 aromatic carbocycles. The van der Waals surface area contributed by atoms with Gasteiger partial charge in [-0.05, 0) is 24.6 Å². The molecule has 0 aliphatic rings. The number of fused-ring (bicyclic) bond motifs is 1. The molecule has 3 aromatic rings. The number of benzene rings is 1. The Bertz CT molecular complexity index is 1010. The molecule has 3 rings (SSSR count). The van der Waals surface area contributed by atoms with Crippen molar-refractivity contribution in [3.8, 4) is 0 Å². The van der Waals surface area contributed by atoms with Gasteiger partial charge >= 0.3 is 0 Å². The number of hydrogen-bond acceptors (Lipinski definition) is 6. The molecule has 28 heavy (non-hydrogen) atoms. The zero-order valence-electron chi connectivity index (χ0n) is 15.8. The fourth-order valence-electron chi connectivity index (χ4n) is 2.76. The first kappa shape index (κ1) is 20.0. The second kappa shape index (κ2) is 9.48. The third-order valence-corrected chi connectivity index (χ3v) is 5.20. The van der Waals surface area contributed by atoms with Gasteiger partial charge in [-0.25, -0.2) is 9.97 Å². The summed E-state index contributed by atoms with van der Waals surface area (Å²) in [5.74, 6) is 0.0181. The minimum atomic E-state index is -0.185. The lowest BCUT2D eigenvalue weighted by Crippen LogP contribution is -2.29. The topological polar surface area (TPSA) is 86.1 Å². The van der Waals surface area contributed by atoms with E-state index in [1.807, 2.05) is 37.3 Å². The molecule has 8 heteroatoms. The molecular weight excluding hydrogens is 376 g/mol. The van der Waals surface area contributed by atoms with E-state index in [-0.39, 0.29) is 23.3 Å². The highest BCUT2D eigenvalue weighted by molar-refractivity contribution is 7.99. The first-order valence-corrected chi connectivity index (χ1v) is 9.90. The zero-order valence-corrected chi connectivity index (χ0v) is 16.6. The normalized spacial score (nSPS) is 12.1. The van der Waals surface area contributed by atoms with E-state index in [9.17, 15) is 9.59 Å². The Hall–Kier alpha value is -2.71. The molecule has 0 saturated carbocycles. The maximum absolute atomic E-state index is 12.8. The summed E-state index contributed by atoms with van der Waals surface area (Å²) in [7, 11) is 1.58. The number of rotatable bonds is 8. The summed E-state index contributed by atoms with van der Waals surface area (Å²) in [5.41, 5.74) is 1.23. The summed E-state index contributed by atoms with van der Waals surface area (Å²) in [6.07, 6.45) is 1.59. The lowest BCUT2D eigenvalue weighted by molar-refractivity contribution is -0.119. The van der Waals surface area contributed by atoms with Gasteiger partial charge in [-0.3, -0.25) is 14.2 Å². The number of nitrogens with zero attached hydrogens (tertiary/aromatic N) is 3. The van der Waals surface area contributed by atoms with Crippen LogP contribution in [0.15, 0.2) is 58.6 Å². The van der Waals surface area contributed by atoms with Crippen molar-refractivity contribution in [1.82, 2.24) is 19.9 Å². The molecule has 0 radical (unpaired) electrons. The van der Waals surface area contributed by atoms with E-state index in [0.29, 0.717) is 29.3 Å². The van der Waals surface area contributed by atoms with Crippen LogP contribution in [0.4, 0.5) is 0 Å². The smallest absolute Gasteiger partial charge is 0.263 e. The molecule has 2 heterocycles. The highest BCUT2D eigenvalue weighted by atomic mass is 32.2. The van der Waals surface area contributed by atoms with Crippen molar-refractivity contribution >= 4 is 28.7 Å². The van der Waals surface area contributed by atoms with Gasteiger partial charge in [0.1, 0.15) is 0 Å². The van der Waals surface area contributed by atoms with Gasteiger partial charge < -0.3 is 10.1 Å². The van der Waals surface area contributed by atoms with Gasteiger partial charge in [0.15, 0.2) is 10.8 Å². The third kappa shape index (κ3) is 4.76. The van der Waals surface area contributed by atoms with E-state index < -0.39 is 0 Å². The molecule has 146 valence electrons. The SMILES string of the molecule is COCCn1c(SCC(=O)NC(C)c2ccccc2)nc2ncccc2c1=O. The van der Waals surface area contributed by atoms with Gasteiger partial charge in [0.05, 0.1) is 30.3 Å². The summed E-state index contributed by atoms with van der Waals surface area (Å²) >= 11 is 1.22. The molecule has 1 atom stereocenters. The molecule has 0 saturated heterocycles. The largest absolute Gasteiger partial charge is 0.383 e. The van der Waals surface area contributed by atoms with Crippen LogP contribution in [0.1, 0.15) is 18.5 Å². The van der Waals surface area contributed by atoms with Crippen molar-refractivity contribution in [3.63, 3.8) is 0 Å². The number of nitrogens with one attached hydrogen (secondary N) is 1. The summed E-state index contributed by atoms with van der Waals surface area (Å²) in [6.45, 7) is 2.67. The first-order valence-electron chi connectivity index (χ1n) is 8.91. The van der Waals surface area contributed by atoms with Gasteiger partial charge in [0.2, 0.25) is 5.91 Å². The van der Waals surface area contributed by atoms with E-state index in [4.69, 9.17) is 4.74 Å². The number of carbonyl (C=O) groups excluding carboxylic acids is 1. The van der Waals surface area contributed by atoms with Crippen molar-refractivity contribution in [1.29, 1.82) is 0 Å². The lowest BCUT2D eigenvalue weighted by atomic mass is 10.1. The Morgan fingerprint density at radius 3 is 2.79 bits per heavy atom. The number of hydrogen-bond donors (Lipinski definition) is 1. The van der Waals surface area contributed by atoms with Gasteiger partial charge in [-0.2, -0.15) is 0 Å². The molecule has 0 fully saturated rings. The molecule has 7 nitrogen and oxygen atoms in total.